The van der Waals surface area contributed by atoms with Gasteiger partial charge in [0.25, 0.3) is 10.0 Å². The van der Waals surface area contributed by atoms with Crippen LogP contribution in [-0.4, -0.2) is 8.42 Å². The van der Waals surface area contributed by atoms with Crippen molar-refractivity contribution in [3.8, 4) is 6.07 Å². The Hall–Kier alpha value is -2.81. The van der Waals surface area contributed by atoms with Crippen LogP contribution in [0.5, 0.6) is 0 Å². The van der Waals surface area contributed by atoms with Crippen molar-refractivity contribution >= 4 is 27.3 Å². The van der Waals surface area contributed by atoms with Gasteiger partial charge in [0, 0.05) is 5.02 Å². The topological polar surface area (TPSA) is 70.0 Å². The molecule has 0 bridgehead atoms. The molecule has 0 aliphatic rings. The van der Waals surface area contributed by atoms with Gasteiger partial charge in [-0.05, 0) is 60.4 Å². The molecule has 0 unspecified atom stereocenters. The maximum atomic E-state index is 12.7. The normalized spacial score (nSPS) is 12.2. The lowest BCUT2D eigenvalue weighted by Crippen LogP contribution is -2.13. The molecular formula is C22H19ClN2O2S. The van der Waals surface area contributed by atoms with Crippen LogP contribution in [0.4, 0.5) is 5.69 Å². The molecule has 3 rings (SSSR count). The molecule has 1 atom stereocenters. The molecule has 0 aliphatic heterocycles. The average molecular weight is 411 g/mol. The third-order valence-corrected chi connectivity index (χ3v) is 6.32. The first-order valence-corrected chi connectivity index (χ1v) is 10.5. The number of benzene rings is 3. The van der Waals surface area contributed by atoms with Gasteiger partial charge in [-0.3, -0.25) is 4.72 Å². The van der Waals surface area contributed by atoms with Crippen molar-refractivity contribution in [2.45, 2.75) is 24.7 Å². The van der Waals surface area contributed by atoms with Crippen LogP contribution in [0.2, 0.25) is 5.02 Å². The van der Waals surface area contributed by atoms with Crippen LogP contribution in [0.1, 0.15) is 28.2 Å². The second-order valence-electron chi connectivity index (χ2n) is 6.56. The number of halogens is 1. The smallest absolute Gasteiger partial charge is 0.261 e. The van der Waals surface area contributed by atoms with Crippen LogP contribution in [0.25, 0.3) is 0 Å². The molecule has 3 aromatic carbocycles. The lowest BCUT2D eigenvalue weighted by molar-refractivity contribution is 0.601. The Labute approximate surface area is 170 Å². The first-order valence-electron chi connectivity index (χ1n) is 8.66. The Morgan fingerprint density at radius 1 is 0.964 bits per heavy atom. The monoisotopic (exact) mass is 410 g/mol. The summed E-state index contributed by atoms with van der Waals surface area (Å²) in [6.07, 6.45) is 0. The average Bonchev–Trinajstić information content (AvgIpc) is 2.66. The number of hydrogen-bond donors (Lipinski definition) is 1. The summed E-state index contributed by atoms with van der Waals surface area (Å²) in [7, 11) is -3.73. The third-order valence-electron chi connectivity index (χ3n) is 4.61. The number of rotatable bonds is 5. The van der Waals surface area contributed by atoms with Crippen molar-refractivity contribution in [3.05, 3.63) is 94.0 Å². The van der Waals surface area contributed by atoms with Crippen LogP contribution < -0.4 is 4.72 Å². The molecule has 1 N–H and O–H groups in total. The molecule has 0 heterocycles. The molecule has 142 valence electrons. The van der Waals surface area contributed by atoms with Gasteiger partial charge in [0.2, 0.25) is 0 Å². The predicted octanol–water partition coefficient (Wildman–Crippen LogP) is 5.41. The van der Waals surface area contributed by atoms with Gasteiger partial charge in [0.05, 0.1) is 22.6 Å². The first kappa shape index (κ1) is 19.9. The molecule has 6 heteroatoms. The predicted molar refractivity (Wildman–Crippen MR) is 112 cm³/mol. The second kappa shape index (κ2) is 8.05. The summed E-state index contributed by atoms with van der Waals surface area (Å²) < 4.78 is 27.9. The van der Waals surface area contributed by atoms with Crippen molar-refractivity contribution in [2.24, 2.45) is 0 Å². The number of aryl methyl sites for hydroxylation is 2. The molecule has 4 nitrogen and oxygen atoms in total. The van der Waals surface area contributed by atoms with Gasteiger partial charge in [0.1, 0.15) is 0 Å². The van der Waals surface area contributed by atoms with E-state index < -0.39 is 15.9 Å². The zero-order valence-corrected chi connectivity index (χ0v) is 17.1. The minimum absolute atomic E-state index is 0.190. The van der Waals surface area contributed by atoms with Gasteiger partial charge < -0.3 is 0 Å². The zero-order chi connectivity index (χ0) is 20.3. The van der Waals surface area contributed by atoms with Crippen molar-refractivity contribution < 1.29 is 8.42 Å². The molecule has 0 aliphatic carbocycles. The van der Waals surface area contributed by atoms with E-state index in [2.05, 4.69) is 10.8 Å². The quantitative estimate of drug-likeness (QED) is 0.611. The SMILES string of the molecule is Cc1ccc(S(=O)(=O)Nc2ccc([C@@H](C#N)c3ccccc3)c(Cl)c2)cc1C. The fourth-order valence-electron chi connectivity index (χ4n) is 2.89. The second-order valence-corrected chi connectivity index (χ2v) is 8.65. The Kier molecular flexibility index (Phi) is 5.73. The first-order chi connectivity index (χ1) is 13.3. The summed E-state index contributed by atoms with van der Waals surface area (Å²) in [5.41, 5.74) is 3.72. The minimum atomic E-state index is -3.73. The van der Waals surface area contributed by atoms with E-state index >= 15 is 0 Å². The molecular weight excluding hydrogens is 392 g/mol. The maximum absolute atomic E-state index is 12.7. The van der Waals surface area contributed by atoms with E-state index in [1.54, 1.807) is 30.3 Å². The summed E-state index contributed by atoms with van der Waals surface area (Å²) in [5.74, 6) is -0.529. The highest BCUT2D eigenvalue weighted by molar-refractivity contribution is 7.92. The van der Waals surface area contributed by atoms with Gasteiger partial charge >= 0.3 is 0 Å². The molecule has 0 aromatic heterocycles. The standard InChI is InChI=1S/C22H19ClN2O2S/c1-15-8-10-19(12-16(15)2)28(26,27)25-18-9-11-20(22(23)13-18)21(14-24)17-6-4-3-5-7-17/h3-13,21,25H,1-2H3/t21-/m0/s1. The van der Waals surface area contributed by atoms with E-state index in [1.165, 1.54) is 6.07 Å². The van der Waals surface area contributed by atoms with E-state index in [-0.39, 0.29) is 4.90 Å². The Balaban J connectivity index is 1.90. The number of nitrogens with one attached hydrogen (secondary N) is 1. The van der Waals surface area contributed by atoms with Crippen LogP contribution in [0.3, 0.4) is 0 Å². The van der Waals surface area contributed by atoms with Crippen LogP contribution in [0.15, 0.2) is 71.6 Å². The molecule has 3 aromatic rings. The summed E-state index contributed by atoms with van der Waals surface area (Å²) in [5, 5.41) is 9.92. The van der Waals surface area contributed by atoms with E-state index in [4.69, 9.17) is 11.6 Å². The number of nitrogens with zero attached hydrogens (tertiary/aromatic N) is 1. The highest BCUT2D eigenvalue weighted by Gasteiger charge is 2.19. The molecule has 0 saturated carbocycles. The Bertz CT molecular complexity index is 1150. The molecule has 0 radical (unpaired) electrons. The van der Waals surface area contributed by atoms with E-state index in [9.17, 15) is 13.7 Å². The fraction of sp³-hybridized carbons (Fsp3) is 0.136. The van der Waals surface area contributed by atoms with Crippen molar-refractivity contribution in [1.29, 1.82) is 5.26 Å². The van der Waals surface area contributed by atoms with Gasteiger partial charge in [-0.15, -0.1) is 0 Å². The summed E-state index contributed by atoms with van der Waals surface area (Å²) >= 11 is 6.39. The van der Waals surface area contributed by atoms with E-state index in [0.717, 1.165) is 16.7 Å². The summed E-state index contributed by atoms with van der Waals surface area (Å²) in [4.78, 5) is 0.190. The van der Waals surface area contributed by atoms with Crippen molar-refractivity contribution in [1.82, 2.24) is 0 Å². The van der Waals surface area contributed by atoms with Gasteiger partial charge in [-0.1, -0.05) is 54.1 Å². The van der Waals surface area contributed by atoms with E-state index in [1.807, 2.05) is 44.2 Å². The Morgan fingerprint density at radius 3 is 2.29 bits per heavy atom. The van der Waals surface area contributed by atoms with E-state index in [0.29, 0.717) is 16.3 Å². The highest BCUT2D eigenvalue weighted by atomic mass is 35.5. The van der Waals surface area contributed by atoms with Crippen LogP contribution in [-0.2, 0) is 10.0 Å². The number of anilines is 1. The van der Waals surface area contributed by atoms with Gasteiger partial charge in [0.15, 0.2) is 0 Å². The third kappa shape index (κ3) is 4.19. The number of sulfonamides is 1. The minimum Gasteiger partial charge on any atom is -0.280 e. The Morgan fingerprint density at radius 2 is 1.68 bits per heavy atom. The molecule has 0 spiro atoms. The fourth-order valence-corrected chi connectivity index (χ4v) is 4.31. The van der Waals surface area contributed by atoms with Crippen molar-refractivity contribution in [2.75, 3.05) is 4.72 Å². The number of hydrogen-bond acceptors (Lipinski definition) is 3. The van der Waals surface area contributed by atoms with Gasteiger partial charge in [-0.25, -0.2) is 8.42 Å². The maximum Gasteiger partial charge on any atom is 0.261 e. The molecule has 0 saturated heterocycles. The van der Waals surface area contributed by atoms with Crippen molar-refractivity contribution in [3.63, 3.8) is 0 Å². The van der Waals surface area contributed by atoms with Crippen LogP contribution in [0, 0.1) is 25.2 Å². The lowest BCUT2D eigenvalue weighted by Gasteiger charge is -2.14. The lowest BCUT2D eigenvalue weighted by atomic mass is 9.92. The largest absolute Gasteiger partial charge is 0.280 e. The summed E-state index contributed by atoms with van der Waals surface area (Å²) in [6, 6.07) is 21.4. The molecule has 0 amide bonds. The molecule has 28 heavy (non-hydrogen) atoms. The van der Waals surface area contributed by atoms with Crippen LogP contribution >= 0.6 is 11.6 Å². The summed E-state index contributed by atoms with van der Waals surface area (Å²) in [6.45, 7) is 3.79. The molecule has 0 fully saturated rings. The highest BCUT2D eigenvalue weighted by Crippen LogP contribution is 2.32. The zero-order valence-electron chi connectivity index (χ0n) is 15.5. The number of nitriles is 1. The van der Waals surface area contributed by atoms with Gasteiger partial charge in [-0.2, -0.15) is 5.26 Å².